The lowest BCUT2D eigenvalue weighted by molar-refractivity contribution is 0.630. The van der Waals surface area contributed by atoms with Crippen LogP contribution in [0.4, 0.5) is 4.39 Å². The van der Waals surface area contributed by atoms with Crippen molar-refractivity contribution in [2.45, 2.75) is 6.04 Å². The molecule has 2 aromatic heterocycles. The molecule has 0 fully saturated rings. The zero-order chi connectivity index (χ0) is 12.7. The Balaban J connectivity index is 2.03. The van der Waals surface area contributed by atoms with Gasteiger partial charge in [0, 0.05) is 22.8 Å². The maximum Gasteiger partial charge on any atom is 0.123 e. The molecule has 0 aliphatic heterocycles. The highest BCUT2D eigenvalue weighted by Crippen LogP contribution is 2.31. The molecule has 0 saturated heterocycles. The minimum absolute atomic E-state index is 0.224. The van der Waals surface area contributed by atoms with E-state index < -0.39 is 0 Å². The van der Waals surface area contributed by atoms with E-state index in [9.17, 15) is 4.39 Å². The van der Waals surface area contributed by atoms with E-state index in [1.807, 2.05) is 25.4 Å². The van der Waals surface area contributed by atoms with Gasteiger partial charge in [-0.2, -0.15) is 5.10 Å². The van der Waals surface area contributed by atoms with Crippen LogP contribution < -0.4 is 5.73 Å². The van der Waals surface area contributed by atoms with Crippen molar-refractivity contribution in [2.75, 3.05) is 0 Å². The summed E-state index contributed by atoms with van der Waals surface area (Å²) >= 11 is 1.58. The average molecular weight is 261 g/mol. The summed E-state index contributed by atoms with van der Waals surface area (Å²) in [4.78, 5) is 0.995. The van der Waals surface area contributed by atoms with E-state index >= 15 is 0 Å². The Morgan fingerprint density at radius 2 is 2.17 bits per heavy atom. The summed E-state index contributed by atoms with van der Waals surface area (Å²) in [5.41, 5.74) is 7.00. The van der Waals surface area contributed by atoms with E-state index in [1.54, 1.807) is 22.1 Å². The van der Waals surface area contributed by atoms with Crippen molar-refractivity contribution >= 4 is 21.4 Å². The molecule has 0 bridgehead atoms. The van der Waals surface area contributed by atoms with Gasteiger partial charge >= 0.3 is 0 Å². The van der Waals surface area contributed by atoms with Gasteiger partial charge in [0.1, 0.15) is 5.82 Å². The van der Waals surface area contributed by atoms with Gasteiger partial charge in [0.25, 0.3) is 0 Å². The zero-order valence-corrected chi connectivity index (χ0v) is 10.6. The number of aryl methyl sites for hydroxylation is 1. The van der Waals surface area contributed by atoms with Crippen molar-refractivity contribution in [3.63, 3.8) is 0 Å². The van der Waals surface area contributed by atoms with Gasteiger partial charge in [-0.1, -0.05) is 0 Å². The maximum absolute atomic E-state index is 13.1. The average Bonchev–Trinajstić information content (AvgIpc) is 2.93. The summed E-state index contributed by atoms with van der Waals surface area (Å²) in [6.45, 7) is 0. The van der Waals surface area contributed by atoms with Crippen LogP contribution in [0.15, 0.2) is 36.5 Å². The Morgan fingerprint density at radius 3 is 2.89 bits per heavy atom. The molecular weight excluding hydrogens is 249 g/mol. The molecule has 0 spiro atoms. The Bertz CT molecular complexity index is 701. The molecule has 92 valence electrons. The van der Waals surface area contributed by atoms with Gasteiger partial charge in [-0.15, -0.1) is 11.3 Å². The van der Waals surface area contributed by atoms with E-state index in [0.717, 1.165) is 20.7 Å². The summed E-state index contributed by atoms with van der Waals surface area (Å²) < 4.78 is 15.9. The van der Waals surface area contributed by atoms with Gasteiger partial charge in [0.05, 0.1) is 11.7 Å². The second-order valence-corrected chi connectivity index (χ2v) is 5.34. The monoisotopic (exact) mass is 261 g/mol. The van der Waals surface area contributed by atoms with Crippen LogP contribution >= 0.6 is 11.3 Å². The number of thiophene rings is 1. The molecule has 0 radical (unpaired) electrons. The molecule has 5 heteroatoms. The molecule has 1 atom stereocenters. The SMILES string of the molecule is Cn1ccc(C(N)c2cc3cc(F)ccc3s2)n1. The first-order chi connectivity index (χ1) is 8.63. The number of fused-ring (bicyclic) bond motifs is 1. The molecule has 3 nitrogen and oxygen atoms in total. The van der Waals surface area contributed by atoms with Crippen LogP contribution in [0.3, 0.4) is 0 Å². The highest BCUT2D eigenvalue weighted by Gasteiger charge is 2.14. The summed E-state index contributed by atoms with van der Waals surface area (Å²) in [5, 5.41) is 5.19. The Morgan fingerprint density at radius 1 is 1.33 bits per heavy atom. The molecule has 0 aliphatic carbocycles. The van der Waals surface area contributed by atoms with Gasteiger partial charge in [-0.3, -0.25) is 4.68 Å². The molecule has 0 aliphatic rings. The number of hydrogen-bond donors (Lipinski definition) is 1. The molecule has 3 aromatic rings. The standard InChI is InChI=1S/C13H12FN3S/c1-17-5-4-10(16-17)13(15)12-7-8-6-9(14)2-3-11(8)18-12/h2-7,13H,15H2,1H3. The quantitative estimate of drug-likeness (QED) is 0.771. The molecule has 2 N–H and O–H groups in total. The lowest BCUT2D eigenvalue weighted by atomic mass is 10.1. The van der Waals surface area contributed by atoms with Gasteiger partial charge in [-0.05, 0) is 35.7 Å². The van der Waals surface area contributed by atoms with Gasteiger partial charge in [-0.25, -0.2) is 4.39 Å². The normalized spacial score (nSPS) is 13.1. The third kappa shape index (κ3) is 1.91. The lowest BCUT2D eigenvalue weighted by Gasteiger charge is -2.04. The second-order valence-electron chi connectivity index (χ2n) is 4.22. The predicted octanol–water partition coefficient (Wildman–Crippen LogP) is 2.82. The van der Waals surface area contributed by atoms with Crippen LogP contribution in [0, 0.1) is 5.82 Å². The first kappa shape index (κ1) is 11.4. The van der Waals surface area contributed by atoms with Gasteiger partial charge in [0.2, 0.25) is 0 Å². The van der Waals surface area contributed by atoms with Gasteiger partial charge in [0.15, 0.2) is 0 Å². The van der Waals surface area contributed by atoms with Crippen molar-refractivity contribution in [1.82, 2.24) is 9.78 Å². The number of aromatic nitrogens is 2. The van der Waals surface area contributed by atoms with Gasteiger partial charge < -0.3 is 5.73 Å². The zero-order valence-electron chi connectivity index (χ0n) is 9.80. The van der Waals surface area contributed by atoms with Crippen LogP contribution in [-0.2, 0) is 7.05 Å². The van der Waals surface area contributed by atoms with Crippen molar-refractivity contribution < 1.29 is 4.39 Å². The number of rotatable bonds is 2. The lowest BCUT2D eigenvalue weighted by Crippen LogP contribution is -2.11. The van der Waals surface area contributed by atoms with E-state index in [1.165, 1.54) is 12.1 Å². The fourth-order valence-electron chi connectivity index (χ4n) is 1.93. The molecule has 2 heterocycles. The van der Waals surface area contributed by atoms with Crippen LogP contribution in [0.25, 0.3) is 10.1 Å². The molecule has 1 unspecified atom stereocenters. The van der Waals surface area contributed by atoms with Crippen LogP contribution in [0.2, 0.25) is 0 Å². The number of benzene rings is 1. The Kier molecular flexibility index (Phi) is 2.65. The first-order valence-electron chi connectivity index (χ1n) is 5.57. The fourth-order valence-corrected chi connectivity index (χ4v) is 2.99. The Hall–Kier alpha value is -1.72. The summed E-state index contributed by atoms with van der Waals surface area (Å²) in [6.07, 6.45) is 1.86. The van der Waals surface area contributed by atoms with E-state index in [4.69, 9.17) is 5.73 Å². The smallest absolute Gasteiger partial charge is 0.123 e. The van der Waals surface area contributed by atoms with Crippen molar-refractivity contribution in [3.8, 4) is 0 Å². The third-order valence-electron chi connectivity index (χ3n) is 2.86. The summed E-state index contributed by atoms with van der Waals surface area (Å²) in [6, 6.07) is 8.35. The highest BCUT2D eigenvalue weighted by atomic mass is 32.1. The summed E-state index contributed by atoms with van der Waals surface area (Å²) in [5.74, 6) is -0.224. The first-order valence-corrected chi connectivity index (χ1v) is 6.39. The third-order valence-corrected chi connectivity index (χ3v) is 4.06. The largest absolute Gasteiger partial charge is 0.318 e. The topological polar surface area (TPSA) is 43.8 Å². The van der Waals surface area contributed by atoms with Crippen LogP contribution in [-0.4, -0.2) is 9.78 Å². The second kappa shape index (κ2) is 4.19. The maximum atomic E-state index is 13.1. The van der Waals surface area contributed by atoms with Crippen molar-refractivity contribution in [2.24, 2.45) is 12.8 Å². The number of hydrogen-bond acceptors (Lipinski definition) is 3. The number of nitrogens with two attached hydrogens (primary N) is 1. The number of halogens is 1. The predicted molar refractivity (Wildman–Crippen MR) is 71.0 cm³/mol. The van der Waals surface area contributed by atoms with E-state index in [0.29, 0.717) is 0 Å². The van der Waals surface area contributed by atoms with Crippen molar-refractivity contribution in [1.29, 1.82) is 0 Å². The van der Waals surface area contributed by atoms with Crippen LogP contribution in [0.1, 0.15) is 16.6 Å². The van der Waals surface area contributed by atoms with E-state index in [2.05, 4.69) is 5.10 Å². The minimum Gasteiger partial charge on any atom is -0.318 e. The molecular formula is C13H12FN3S. The van der Waals surface area contributed by atoms with E-state index in [-0.39, 0.29) is 11.9 Å². The minimum atomic E-state index is -0.258. The fraction of sp³-hybridized carbons (Fsp3) is 0.154. The highest BCUT2D eigenvalue weighted by molar-refractivity contribution is 7.19. The molecule has 18 heavy (non-hydrogen) atoms. The van der Waals surface area contributed by atoms with Crippen LogP contribution in [0.5, 0.6) is 0 Å². The molecule has 1 aromatic carbocycles. The molecule has 3 rings (SSSR count). The Labute approximate surface area is 108 Å². The van der Waals surface area contributed by atoms with Crippen molar-refractivity contribution in [3.05, 3.63) is 52.9 Å². The molecule has 0 amide bonds. The molecule has 0 saturated carbocycles. The number of nitrogens with zero attached hydrogens (tertiary/aromatic N) is 2. The summed E-state index contributed by atoms with van der Waals surface area (Å²) in [7, 11) is 1.86.